The van der Waals surface area contributed by atoms with Crippen molar-refractivity contribution < 1.29 is 20.1 Å². The average molecular weight is 604 g/mol. The molecule has 1 aliphatic rings. The Hall–Kier alpha value is -3.06. The molecule has 0 spiro atoms. The zero-order chi connectivity index (χ0) is 21.0. The molecule has 2 heteroatoms. The first-order valence-corrected chi connectivity index (χ1v) is 10.7. The molecule has 0 amide bonds. The van der Waals surface area contributed by atoms with Gasteiger partial charge in [-0.05, 0) is 45.3 Å². The second-order valence-electron chi connectivity index (χ2n) is 8.81. The van der Waals surface area contributed by atoms with E-state index in [1.165, 1.54) is 33.4 Å². The fourth-order valence-electron chi connectivity index (χ4n) is 4.87. The predicted molar refractivity (Wildman–Crippen MR) is 135 cm³/mol. The molecule has 0 saturated heterocycles. The third kappa shape index (κ3) is 3.74. The Labute approximate surface area is 209 Å². The predicted octanol–water partition coefficient (Wildman–Crippen LogP) is 8.12. The normalized spacial score (nSPS) is 12.9. The first-order chi connectivity index (χ1) is 15.1. The summed E-state index contributed by atoms with van der Waals surface area (Å²) in [6, 6.07) is 37.9. The van der Waals surface area contributed by atoms with E-state index >= 15 is 0 Å². The number of pyridine rings is 1. The Morgan fingerprint density at radius 2 is 1.45 bits per heavy atom. The van der Waals surface area contributed by atoms with Gasteiger partial charge in [-0.3, -0.25) is 4.98 Å². The Morgan fingerprint density at radius 3 is 2.27 bits per heavy atom. The van der Waals surface area contributed by atoms with Crippen LogP contribution in [-0.2, 0) is 25.5 Å². The smallest absolute Gasteiger partial charge is 0.0595 e. The summed E-state index contributed by atoms with van der Waals surface area (Å²) in [6.45, 7) is 4.61. The first-order valence-electron chi connectivity index (χ1n) is 10.7. The molecule has 1 heterocycles. The van der Waals surface area contributed by atoms with Crippen molar-refractivity contribution in [2.75, 3.05) is 0 Å². The van der Waals surface area contributed by atoms with E-state index in [-0.39, 0.29) is 32.9 Å². The summed E-state index contributed by atoms with van der Waals surface area (Å²) in [5.41, 5.74) is 10.8. The van der Waals surface area contributed by atoms with Crippen LogP contribution in [0, 0.1) is 13.5 Å². The van der Waals surface area contributed by atoms with Crippen LogP contribution in [-0.4, -0.2) is 4.98 Å². The molecular formula is C31H25IrN-2. The molecule has 33 heavy (non-hydrogen) atoms. The fraction of sp³-hybridized carbons (Fsp3) is 0.0968. The van der Waals surface area contributed by atoms with Gasteiger partial charge < -0.3 is 7.43 Å². The van der Waals surface area contributed by atoms with Gasteiger partial charge in [0.05, 0.1) is 5.52 Å². The van der Waals surface area contributed by atoms with Crippen molar-refractivity contribution in [2.24, 2.45) is 0 Å². The molecule has 0 bridgehead atoms. The number of fused-ring (bicyclic) bond motifs is 4. The van der Waals surface area contributed by atoms with Gasteiger partial charge in [0.15, 0.2) is 0 Å². The van der Waals surface area contributed by atoms with Crippen LogP contribution < -0.4 is 0 Å². The maximum absolute atomic E-state index is 4.97. The molecule has 0 N–H and O–H groups in total. The number of hydrogen-bond donors (Lipinski definition) is 0. The molecule has 6 rings (SSSR count). The summed E-state index contributed by atoms with van der Waals surface area (Å²) in [4.78, 5) is 4.97. The Bertz CT molecular complexity index is 1450. The zero-order valence-corrected chi connectivity index (χ0v) is 21.4. The fourth-order valence-corrected chi connectivity index (χ4v) is 4.87. The molecule has 165 valence electrons. The molecule has 0 atom stereocenters. The summed E-state index contributed by atoms with van der Waals surface area (Å²) in [5.74, 6) is 0. The Kier molecular flexibility index (Phi) is 6.10. The van der Waals surface area contributed by atoms with Crippen LogP contribution in [0.1, 0.15) is 25.0 Å². The van der Waals surface area contributed by atoms with Crippen molar-refractivity contribution in [1.82, 2.24) is 4.98 Å². The third-order valence-corrected chi connectivity index (χ3v) is 6.59. The number of aromatic nitrogens is 1. The maximum atomic E-state index is 4.97. The van der Waals surface area contributed by atoms with E-state index in [9.17, 15) is 0 Å². The summed E-state index contributed by atoms with van der Waals surface area (Å²) in [5, 5.41) is 1.15. The minimum Gasteiger partial charge on any atom is -0.358 e. The van der Waals surface area contributed by atoms with E-state index in [2.05, 4.69) is 111 Å². The SMILES string of the molecule is CC1(C)c2ccccc2-c2c[c-]c(-c3ccc4cc(-c5ccccc5)ccc4n3)cc21.[CH3-].[Ir]. The molecule has 0 saturated carbocycles. The Morgan fingerprint density at radius 1 is 0.697 bits per heavy atom. The van der Waals surface area contributed by atoms with Crippen molar-refractivity contribution in [3.05, 3.63) is 122 Å². The van der Waals surface area contributed by atoms with Gasteiger partial charge in [-0.15, -0.1) is 29.3 Å². The molecule has 1 aliphatic carbocycles. The Balaban J connectivity index is 0.00000130. The summed E-state index contributed by atoms with van der Waals surface area (Å²) < 4.78 is 0. The molecule has 0 fully saturated rings. The van der Waals surface area contributed by atoms with Crippen LogP contribution in [0.5, 0.6) is 0 Å². The van der Waals surface area contributed by atoms with Crippen molar-refractivity contribution in [2.45, 2.75) is 19.3 Å². The molecular weight excluding hydrogens is 579 g/mol. The topological polar surface area (TPSA) is 12.9 Å². The second-order valence-corrected chi connectivity index (χ2v) is 8.81. The first kappa shape index (κ1) is 23.1. The van der Waals surface area contributed by atoms with E-state index in [1.54, 1.807) is 0 Å². The minimum absolute atomic E-state index is 0. The van der Waals surface area contributed by atoms with Crippen LogP contribution in [0.15, 0.2) is 97.1 Å². The van der Waals surface area contributed by atoms with Crippen LogP contribution in [0.4, 0.5) is 0 Å². The quantitative estimate of drug-likeness (QED) is 0.186. The second kappa shape index (κ2) is 8.71. The number of hydrogen-bond acceptors (Lipinski definition) is 1. The third-order valence-electron chi connectivity index (χ3n) is 6.59. The monoisotopic (exact) mass is 604 g/mol. The van der Waals surface area contributed by atoms with E-state index in [1.807, 2.05) is 6.07 Å². The summed E-state index contributed by atoms with van der Waals surface area (Å²) in [7, 11) is 0. The van der Waals surface area contributed by atoms with Gasteiger partial charge in [0.1, 0.15) is 0 Å². The maximum Gasteiger partial charge on any atom is 0.0595 e. The van der Waals surface area contributed by atoms with E-state index in [0.717, 1.165) is 22.2 Å². The summed E-state index contributed by atoms with van der Waals surface area (Å²) >= 11 is 0. The number of benzene rings is 4. The molecule has 4 aromatic carbocycles. The van der Waals surface area contributed by atoms with Gasteiger partial charge in [0.2, 0.25) is 0 Å². The van der Waals surface area contributed by atoms with Gasteiger partial charge in [0.25, 0.3) is 0 Å². The molecule has 1 aromatic heterocycles. The van der Waals surface area contributed by atoms with E-state index < -0.39 is 0 Å². The van der Waals surface area contributed by atoms with Crippen LogP contribution >= 0.6 is 0 Å². The molecule has 0 unspecified atom stereocenters. The van der Waals surface area contributed by atoms with Gasteiger partial charge in [-0.1, -0.05) is 97.8 Å². The van der Waals surface area contributed by atoms with Crippen molar-refractivity contribution in [3.8, 4) is 33.5 Å². The minimum atomic E-state index is -0.0167. The van der Waals surface area contributed by atoms with Crippen molar-refractivity contribution >= 4 is 10.9 Å². The standard InChI is InChI=1S/C30H22N.CH3.Ir/c1-30(2)26-11-7-6-10-24(26)25-15-12-23(19-27(25)30)29-17-14-22-18-21(13-16-28(22)31-29)20-8-4-3-5-9-20;;/h3-11,13-19H,1-2H3;1H3;/q2*-1;. The number of nitrogens with zero attached hydrogens (tertiary/aromatic N) is 1. The van der Waals surface area contributed by atoms with Gasteiger partial charge in [-0.25, -0.2) is 0 Å². The van der Waals surface area contributed by atoms with Crippen LogP contribution in [0.2, 0.25) is 0 Å². The van der Waals surface area contributed by atoms with E-state index in [0.29, 0.717) is 0 Å². The van der Waals surface area contributed by atoms with Gasteiger partial charge >= 0.3 is 0 Å². The number of rotatable bonds is 2. The molecule has 0 aliphatic heterocycles. The average Bonchev–Trinajstić information content (AvgIpc) is 3.06. The molecule has 5 aromatic rings. The van der Waals surface area contributed by atoms with Crippen LogP contribution in [0.25, 0.3) is 44.4 Å². The van der Waals surface area contributed by atoms with Crippen molar-refractivity contribution in [3.63, 3.8) is 0 Å². The van der Waals surface area contributed by atoms with Gasteiger partial charge in [-0.2, -0.15) is 0 Å². The van der Waals surface area contributed by atoms with Crippen molar-refractivity contribution in [1.29, 1.82) is 0 Å². The molecule has 1 nitrogen and oxygen atoms in total. The largest absolute Gasteiger partial charge is 0.358 e. The summed E-state index contributed by atoms with van der Waals surface area (Å²) in [6.07, 6.45) is 0. The van der Waals surface area contributed by atoms with Crippen LogP contribution in [0.3, 0.4) is 0 Å². The van der Waals surface area contributed by atoms with E-state index in [4.69, 9.17) is 4.98 Å². The molecule has 1 radical (unpaired) electrons. The zero-order valence-electron chi connectivity index (χ0n) is 19.0. The van der Waals surface area contributed by atoms with Gasteiger partial charge in [0, 0.05) is 20.1 Å².